The smallest absolute Gasteiger partial charge is 0.128 e. The van der Waals surface area contributed by atoms with Gasteiger partial charge in [0.05, 0.1) is 0 Å². The lowest BCUT2D eigenvalue weighted by molar-refractivity contribution is 0.182. The second-order valence-electron chi connectivity index (χ2n) is 7.89. The third-order valence-corrected chi connectivity index (χ3v) is 5.94. The molecular weight excluding hydrogens is 330 g/mol. The molecule has 2 aromatic rings. The van der Waals surface area contributed by atoms with E-state index in [1.54, 1.807) is 0 Å². The van der Waals surface area contributed by atoms with Crippen molar-refractivity contribution in [1.29, 1.82) is 0 Å². The number of fused-ring (bicyclic) bond motifs is 1. The molecule has 1 N–H and O–H groups in total. The fourth-order valence-electron chi connectivity index (χ4n) is 4.36. The second kappa shape index (κ2) is 9.18. The number of likely N-dealkylation sites (tertiary alicyclic amines) is 1. The lowest BCUT2D eigenvalue weighted by Gasteiger charge is -2.32. The Hall–Kier alpha value is -2.13. The van der Waals surface area contributed by atoms with Crippen LogP contribution >= 0.6 is 0 Å². The Kier molecular flexibility index (Phi) is 6.21. The number of rotatable bonds is 6. The highest BCUT2D eigenvalue weighted by Crippen LogP contribution is 2.21. The SMILES string of the molecule is c1ccc(CC2CCN(CCCNC3=NCCc4ccccc43)CC2)cc1. The molecule has 3 heteroatoms. The summed E-state index contributed by atoms with van der Waals surface area (Å²) in [6, 6.07) is 19.6. The van der Waals surface area contributed by atoms with Crippen LogP contribution < -0.4 is 5.32 Å². The second-order valence-corrected chi connectivity index (χ2v) is 7.89. The van der Waals surface area contributed by atoms with E-state index in [2.05, 4.69) is 64.8 Å². The Bertz CT molecular complexity index is 745. The third kappa shape index (κ3) is 4.98. The van der Waals surface area contributed by atoms with Gasteiger partial charge >= 0.3 is 0 Å². The van der Waals surface area contributed by atoms with Crippen molar-refractivity contribution in [2.75, 3.05) is 32.7 Å². The highest BCUT2D eigenvalue weighted by molar-refractivity contribution is 6.00. The van der Waals surface area contributed by atoms with Crippen molar-refractivity contribution in [2.45, 2.75) is 32.1 Å². The first-order valence-electron chi connectivity index (χ1n) is 10.5. The highest BCUT2D eigenvalue weighted by atomic mass is 15.1. The van der Waals surface area contributed by atoms with Gasteiger partial charge in [-0.1, -0.05) is 54.6 Å². The molecule has 1 saturated heterocycles. The molecule has 0 atom stereocenters. The summed E-state index contributed by atoms with van der Waals surface area (Å²) in [6.07, 6.45) is 6.17. The number of amidine groups is 1. The zero-order valence-electron chi connectivity index (χ0n) is 16.2. The summed E-state index contributed by atoms with van der Waals surface area (Å²) < 4.78 is 0. The zero-order chi connectivity index (χ0) is 18.3. The predicted molar refractivity (Wildman–Crippen MR) is 113 cm³/mol. The maximum Gasteiger partial charge on any atom is 0.128 e. The number of nitrogens with zero attached hydrogens (tertiary/aromatic N) is 2. The summed E-state index contributed by atoms with van der Waals surface area (Å²) in [5.74, 6) is 1.95. The molecule has 0 bridgehead atoms. The van der Waals surface area contributed by atoms with Crippen LogP contribution in [0.5, 0.6) is 0 Å². The van der Waals surface area contributed by atoms with E-state index < -0.39 is 0 Å². The quantitative estimate of drug-likeness (QED) is 0.790. The Morgan fingerprint density at radius 1 is 0.963 bits per heavy atom. The van der Waals surface area contributed by atoms with Gasteiger partial charge in [0.25, 0.3) is 0 Å². The Balaban J connectivity index is 1.15. The van der Waals surface area contributed by atoms with Crippen LogP contribution in [0.3, 0.4) is 0 Å². The fraction of sp³-hybridized carbons (Fsp3) is 0.458. The standard InChI is InChI=1S/C24H31N3/c1-2-7-20(8-3-1)19-21-12-17-27(18-13-21)16-6-14-25-24-23-10-5-4-9-22(23)11-15-26-24/h1-5,7-10,21H,6,11-19H2,(H,25,26). The Morgan fingerprint density at radius 2 is 1.74 bits per heavy atom. The van der Waals surface area contributed by atoms with Crippen LogP contribution in [-0.4, -0.2) is 43.5 Å². The average Bonchev–Trinajstić information content (AvgIpc) is 2.73. The number of hydrogen-bond acceptors (Lipinski definition) is 3. The Labute approximate surface area is 163 Å². The molecule has 2 aliphatic heterocycles. The minimum atomic E-state index is 0.856. The number of nitrogens with one attached hydrogen (secondary N) is 1. The first-order chi connectivity index (χ1) is 13.4. The minimum Gasteiger partial charge on any atom is -0.370 e. The molecule has 2 aromatic carbocycles. The first kappa shape index (κ1) is 18.2. The van der Waals surface area contributed by atoms with Gasteiger partial charge in [-0.05, 0) is 68.8 Å². The molecule has 4 rings (SSSR count). The summed E-state index contributed by atoms with van der Waals surface area (Å²) in [5, 5.41) is 3.58. The highest BCUT2D eigenvalue weighted by Gasteiger charge is 2.19. The topological polar surface area (TPSA) is 27.6 Å². The van der Waals surface area contributed by atoms with Gasteiger partial charge in [0.1, 0.15) is 5.84 Å². The molecule has 0 aromatic heterocycles. The van der Waals surface area contributed by atoms with Crippen LogP contribution in [0.15, 0.2) is 59.6 Å². The molecular formula is C24H31N3. The van der Waals surface area contributed by atoms with E-state index in [9.17, 15) is 0 Å². The molecule has 0 spiro atoms. The van der Waals surface area contributed by atoms with E-state index in [-0.39, 0.29) is 0 Å². The zero-order valence-corrected chi connectivity index (χ0v) is 16.2. The van der Waals surface area contributed by atoms with Gasteiger partial charge in [-0.3, -0.25) is 4.99 Å². The van der Waals surface area contributed by atoms with E-state index in [4.69, 9.17) is 4.99 Å². The van der Waals surface area contributed by atoms with Crippen molar-refractivity contribution in [3.63, 3.8) is 0 Å². The van der Waals surface area contributed by atoms with Gasteiger partial charge in [0, 0.05) is 18.7 Å². The van der Waals surface area contributed by atoms with Gasteiger partial charge in [0.2, 0.25) is 0 Å². The van der Waals surface area contributed by atoms with Gasteiger partial charge in [-0.25, -0.2) is 0 Å². The van der Waals surface area contributed by atoms with Crippen molar-refractivity contribution >= 4 is 5.84 Å². The number of aliphatic imine (C=N–C) groups is 1. The summed E-state index contributed by atoms with van der Waals surface area (Å²) in [4.78, 5) is 7.34. The largest absolute Gasteiger partial charge is 0.370 e. The van der Waals surface area contributed by atoms with E-state index in [1.165, 1.54) is 62.0 Å². The molecule has 0 unspecified atom stereocenters. The number of piperidine rings is 1. The molecule has 2 heterocycles. The predicted octanol–water partition coefficient (Wildman–Crippen LogP) is 3.92. The number of benzene rings is 2. The van der Waals surface area contributed by atoms with E-state index >= 15 is 0 Å². The molecule has 0 saturated carbocycles. The monoisotopic (exact) mass is 361 g/mol. The van der Waals surface area contributed by atoms with Gasteiger partial charge in [-0.2, -0.15) is 0 Å². The maximum atomic E-state index is 4.70. The molecule has 0 aliphatic carbocycles. The van der Waals surface area contributed by atoms with Crippen molar-refractivity contribution in [1.82, 2.24) is 10.2 Å². The van der Waals surface area contributed by atoms with Gasteiger partial charge in [-0.15, -0.1) is 0 Å². The molecule has 0 radical (unpaired) electrons. The summed E-state index contributed by atoms with van der Waals surface area (Å²) in [7, 11) is 0. The normalized spacial score (nSPS) is 18.0. The average molecular weight is 362 g/mol. The molecule has 0 amide bonds. The first-order valence-corrected chi connectivity index (χ1v) is 10.5. The number of hydrogen-bond donors (Lipinski definition) is 1. The molecule has 1 fully saturated rings. The summed E-state index contributed by atoms with van der Waals surface area (Å²) in [5.41, 5.74) is 4.22. The van der Waals surface area contributed by atoms with E-state index in [1.807, 2.05) is 0 Å². The van der Waals surface area contributed by atoms with Crippen LogP contribution in [0.1, 0.15) is 36.0 Å². The minimum absolute atomic E-state index is 0.856. The molecule has 2 aliphatic rings. The van der Waals surface area contributed by atoms with Crippen molar-refractivity contribution < 1.29 is 0 Å². The molecule has 27 heavy (non-hydrogen) atoms. The molecule has 142 valence electrons. The van der Waals surface area contributed by atoms with Gasteiger partial charge in [0.15, 0.2) is 0 Å². The third-order valence-electron chi connectivity index (χ3n) is 5.94. The lowest BCUT2D eigenvalue weighted by Crippen LogP contribution is -2.37. The summed E-state index contributed by atoms with van der Waals surface area (Å²) in [6.45, 7) is 5.62. The van der Waals surface area contributed by atoms with Crippen molar-refractivity contribution in [3.05, 3.63) is 71.3 Å². The van der Waals surface area contributed by atoms with Crippen LogP contribution in [0, 0.1) is 5.92 Å². The van der Waals surface area contributed by atoms with Crippen LogP contribution in [0.2, 0.25) is 0 Å². The van der Waals surface area contributed by atoms with Crippen molar-refractivity contribution in [3.8, 4) is 0 Å². The lowest BCUT2D eigenvalue weighted by atomic mass is 9.90. The van der Waals surface area contributed by atoms with Gasteiger partial charge < -0.3 is 10.2 Å². The fourth-order valence-corrected chi connectivity index (χ4v) is 4.36. The van der Waals surface area contributed by atoms with Crippen LogP contribution in [0.4, 0.5) is 0 Å². The Morgan fingerprint density at radius 3 is 2.59 bits per heavy atom. The van der Waals surface area contributed by atoms with Crippen molar-refractivity contribution in [2.24, 2.45) is 10.9 Å². The molecule has 3 nitrogen and oxygen atoms in total. The van der Waals surface area contributed by atoms with E-state index in [0.717, 1.165) is 31.3 Å². The van der Waals surface area contributed by atoms with Crippen LogP contribution in [-0.2, 0) is 12.8 Å². The maximum absolute atomic E-state index is 4.70. The van der Waals surface area contributed by atoms with E-state index in [0.29, 0.717) is 0 Å². The van der Waals surface area contributed by atoms with Crippen LogP contribution in [0.25, 0.3) is 0 Å². The summed E-state index contributed by atoms with van der Waals surface area (Å²) >= 11 is 0.